The summed E-state index contributed by atoms with van der Waals surface area (Å²) in [5.41, 5.74) is -0.379. The molecule has 1 unspecified atom stereocenters. The quantitative estimate of drug-likeness (QED) is 0.256. The minimum Gasteiger partial charge on any atom is -0.478 e. The zero-order chi connectivity index (χ0) is 14.1. The van der Waals surface area contributed by atoms with Crippen LogP contribution in [0.15, 0.2) is 11.8 Å². The van der Waals surface area contributed by atoms with Gasteiger partial charge in [-0.25, -0.2) is 4.79 Å². The molecule has 0 aromatic rings. The zero-order valence-electron chi connectivity index (χ0n) is 10.9. The minimum absolute atomic E-state index is 0.221. The predicted molar refractivity (Wildman–Crippen MR) is 63.0 cm³/mol. The second kappa shape index (κ2) is 8.62. The van der Waals surface area contributed by atoms with E-state index in [9.17, 15) is 9.59 Å². The van der Waals surface area contributed by atoms with Gasteiger partial charge < -0.3 is 24.6 Å². The van der Waals surface area contributed by atoms with Gasteiger partial charge in [-0.15, -0.1) is 0 Å². The summed E-state index contributed by atoms with van der Waals surface area (Å²) >= 11 is 0. The Morgan fingerprint density at radius 2 is 1.78 bits per heavy atom. The summed E-state index contributed by atoms with van der Waals surface area (Å²) in [6.07, 6.45) is -0.216. The van der Waals surface area contributed by atoms with Crippen LogP contribution in [0.1, 0.15) is 6.92 Å². The van der Waals surface area contributed by atoms with Crippen LogP contribution in [0.2, 0.25) is 0 Å². The van der Waals surface area contributed by atoms with Gasteiger partial charge in [-0.2, -0.15) is 0 Å². The van der Waals surface area contributed by atoms with Gasteiger partial charge in [0.1, 0.15) is 11.7 Å². The summed E-state index contributed by atoms with van der Waals surface area (Å²) in [7, 11) is 4.24. The van der Waals surface area contributed by atoms with Gasteiger partial charge in [0.25, 0.3) is 0 Å². The molecule has 0 aliphatic carbocycles. The highest BCUT2D eigenvalue weighted by molar-refractivity contribution is 6.18. The Bertz CT molecular complexity index is 311. The molecule has 0 bridgehead atoms. The van der Waals surface area contributed by atoms with E-state index in [1.165, 1.54) is 28.3 Å². The Morgan fingerprint density at radius 3 is 2.17 bits per heavy atom. The number of carbonyl (C=O) groups is 2. The lowest BCUT2D eigenvalue weighted by atomic mass is 10.1. The molecule has 0 spiro atoms. The van der Waals surface area contributed by atoms with Crippen molar-refractivity contribution in [2.45, 2.75) is 19.3 Å². The molecule has 2 N–H and O–H groups in total. The van der Waals surface area contributed by atoms with Gasteiger partial charge >= 0.3 is 5.97 Å². The molecule has 0 saturated carbocycles. The normalized spacial score (nSPS) is 13.5. The molecule has 7 heteroatoms. The Hall–Kier alpha value is -1.44. The van der Waals surface area contributed by atoms with Crippen molar-refractivity contribution in [1.29, 1.82) is 0 Å². The van der Waals surface area contributed by atoms with E-state index >= 15 is 0 Å². The maximum Gasteiger partial charge on any atom is 0.340 e. The fraction of sp³-hybridized carbons (Fsp3) is 0.636. The molecule has 0 aromatic heterocycles. The van der Waals surface area contributed by atoms with E-state index in [0.717, 1.165) is 6.20 Å². The number of methoxy groups -OCH3 is 3. The van der Waals surface area contributed by atoms with E-state index in [4.69, 9.17) is 19.3 Å². The lowest BCUT2D eigenvalue weighted by Gasteiger charge is -2.13. The summed E-state index contributed by atoms with van der Waals surface area (Å²) in [6.45, 7) is 1.70. The summed E-state index contributed by atoms with van der Waals surface area (Å²) in [4.78, 5) is 22.6. The number of Topliss-reactive ketones (excluding diaryl/α,β-unsaturated/α-hetero) is 1. The van der Waals surface area contributed by atoms with Gasteiger partial charge in [-0.05, 0) is 6.92 Å². The first-order valence-corrected chi connectivity index (χ1v) is 5.27. The highest BCUT2D eigenvalue weighted by atomic mass is 16.7. The first-order valence-electron chi connectivity index (χ1n) is 5.27. The number of carboxylic acids is 1. The average molecular weight is 261 g/mol. The molecular formula is C11H19NO6. The zero-order valence-corrected chi connectivity index (χ0v) is 10.9. The van der Waals surface area contributed by atoms with Crippen LogP contribution in [0, 0.1) is 0 Å². The van der Waals surface area contributed by atoms with Crippen molar-refractivity contribution in [3.63, 3.8) is 0 Å². The van der Waals surface area contributed by atoms with Crippen molar-refractivity contribution < 1.29 is 28.9 Å². The number of hydrogen-bond donors (Lipinski definition) is 2. The molecule has 7 nitrogen and oxygen atoms in total. The fourth-order valence-electron chi connectivity index (χ4n) is 1.08. The van der Waals surface area contributed by atoms with Crippen LogP contribution in [-0.2, 0) is 23.8 Å². The number of carbonyl (C=O) groups excluding carboxylic acids is 1. The van der Waals surface area contributed by atoms with Gasteiger partial charge in [-0.1, -0.05) is 0 Å². The Balaban J connectivity index is 4.61. The third-order valence-electron chi connectivity index (χ3n) is 2.28. The standard InChI is InChI=1S/C11H19NO6/c1-7(16-2)10(13)8(11(14)15)5-12-6-9(17-3)18-4/h5,7,9,12H,6H2,1-4H3,(H,14,15). The highest BCUT2D eigenvalue weighted by Crippen LogP contribution is 2.03. The third-order valence-corrected chi connectivity index (χ3v) is 2.28. The molecule has 0 aromatic carbocycles. The van der Waals surface area contributed by atoms with Crippen LogP contribution in [-0.4, -0.2) is 57.1 Å². The highest BCUT2D eigenvalue weighted by Gasteiger charge is 2.22. The molecule has 18 heavy (non-hydrogen) atoms. The molecule has 0 aliphatic heterocycles. The summed E-state index contributed by atoms with van der Waals surface area (Å²) in [5, 5.41) is 11.6. The first kappa shape index (κ1) is 16.6. The second-order valence-corrected chi connectivity index (χ2v) is 3.41. The Kier molecular flexibility index (Phi) is 7.93. The van der Waals surface area contributed by atoms with Crippen molar-refractivity contribution >= 4 is 11.8 Å². The monoisotopic (exact) mass is 261 g/mol. The number of nitrogens with one attached hydrogen (secondary N) is 1. The lowest BCUT2D eigenvalue weighted by molar-refractivity contribution is -0.136. The van der Waals surface area contributed by atoms with Crippen LogP contribution in [0.4, 0.5) is 0 Å². The molecule has 0 fully saturated rings. The predicted octanol–water partition coefficient (Wildman–Crippen LogP) is -0.233. The fourth-order valence-corrected chi connectivity index (χ4v) is 1.08. The van der Waals surface area contributed by atoms with Crippen molar-refractivity contribution in [1.82, 2.24) is 5.32 Å². The van der Waals surface area contributed by atoms with E-state index < -0.39 is 24.1 Å². The molecular weight excluding hydrogens is 242 g/mol. The number of ketones is 1. The summed E-state index contributed by atoms with van der Waals surface area (Å²) in [5.74, 6) is -1.92. The van der Waals surface area contributed by atoms with Gasteiger partial charge in [0.05, 0.1) is 6.54 Å². The Morgan fingerprint density at radius 1 is 1.22 bits per heavy atom. The van der Waals surface area contributed by atoms with Gasteiger partial charge in [0.15, 0.2) is 12.1 Å². The maximum absolute atomic E-state index is 11.7. The molecule has 0 radical (unpaired) electrons. The SMILES string of the molecule is COC(CNC=C(C(=O)O)C(=O)C(C)OC)OC. The smallest absolute Gasteiger partial charge is 0.340 e. The van der Waals surface area contributed by atoms with Gasteiger partial charge in [0.2, 0.25) is 0 Å². The maximum atomic E-state index is 11.7. The molecule has 0 saturated heterocycles. The van der Waals surface area contributed by atoms with Crippen molar-refractivity contribution in [2.24, 2.45) is 0 Å². The number of aliphatic carboxylic acids is 1. The average Bonchev–Trinajstić information content (AvgIpc) is 2.37. The summed E-state index contributed by atoms with van der Waals surface area (Å²) in [6, 6.07) is 0. The summed E-state index contributed by atoms with van der Waals surface area (Å²) < 4.78 is 14.6. The number of ether oxygens (including phenoxy) is 3. The number of carboxylic acid groups (broad SMARTS) is 1. The molecule has 0 rings (SSSR count). The van der Waals surface area contributed by atoms with Crippen LogP contribution in [0.5, 0.6) is 0 Å². The molecule has 104 valence electrons. The third kappa shape index (κ3) is 5.26. The van der Waals surface area contributed by atoms with E-state index in [0.29, 0.717) is 0 Å². The van der Waals surface area contributed by atoms with Crippen LogP contribution < -0.4 is 5.32 Å². The number of hydrogen-bond acceptors (Lipinski definition) is 6. The van der Waals surface area contributed by atoms with Crippen LogP contribution >= 0.6 is 0 Å². The van der Waals surface area contributed by atoms with E-state index in [-0.39, 0.29) is 12.1 Å². The molecule has 0 aliphatic rings. The van der Waals surface area contributed by atoms with Crippen molar-refractivity contribution in [3.8, 4) is 0 Å². The lowest BCUT2D eigenvalue weighted by Crippen LogP contribution is -2.30. The van der Waals surface area contributed by atoms with Crippen molar-refractivity contribution in [3.05, 3.63) is 11.8 Å². The second-order valence-electron chi connectivity index (χ2n) is 3.41. The molecule has 1 atom stereocenters. The van der Waals surface area contributed by atoms with E-state index in [1.807, 2.05) is 0 Å². The molecule has 0 heterocycles. The van der Waals surface area contributed by atoms with Crippen molar-refractivity contribution in [2.75, 3.05) is 27.9 Å². The van der Waals surface area contributed by atoms with E-state index in [2.05, 4.69) is 5.32 Å². The number of rotatable bonds is 9. The largest absolute Gasteiger partial charge is 0.478 e. The topological polar surface area (TPSA) is 94.1 Å². The van der Waals surface area contributed by atoms with Gasteiger partial charge in [-0.3, -0.25) is 4.79 Å². The van der Waals surface area contributed by atoms with Crippen LogP contribution in [0.3, 0.4) is 0 Å². The minimum atomic E-state index is -1.32. The molecule has 0 amide bonds. The van der Waals surface area contributed by atoms with Gasteiger partial charge in [0, 0.05) is 27.5 Å². The van der Waals surface area contributed by atoms with E-state index in [1.54, 1.807) is 0 Å². The Labute approximate surface area is 106 Å². The van der Waals surface area contributed by atoms with Crippen LogP contribution in [0.25, 0.3) is 0 Å². The first-order chi connectivity index (χ1) is 8.47.